The third-order valence-corrected chi connectivity index (χ3v) is 6.62. The third kappa shape index (κ3) is 4.20. The van der Waals surface area contributed by atoms with Gasteiger partial charge >= 0.3 is 5.97 Å². The number of H-pyrrole nitrogens is 1. The number of esters is 1. The fourth-order valence-electron chi connectivity index (χ4n) is 3.80. The Hall–Kier alpha value is -3.13. The molecular weight excluding hydrogens is 416 g/mol. The van der Waals surface area contributed by atoms with Crippen molar-refractivity contribution in [1.82, 2.24) is 9.88 Å². The van der Waals surface area contributed by atoms with Crippen LogP contribution in [0.5, 0.6) is 11.5 Å². The highest BCUT2D eigenvalue weighted by molar-refractivity contribution is 7.99. The van der Waals surface area contributed by atoms with Crippen LogP contribution in [0.2, 0.25) is 0 Å². The molecular formula is C23H24N2O5S. The van der Waals surface area contributed by atoms with E-state index in [0.717, 1.165) is 27.8 Å². The van der Waals surface area contributed by atoms with Gasteiger partial charge in [-0.15, -0.1) is 11.8 Å². The Morgan fingerprint density at radius 2 is 1.87 bits per heavy atom. The maximum Gasteiger partial charge on any atom is 0.337 e. The quantitative estimate of drug-likeness (QED) is 0.581. The fraction of sp³-hybridized carbons (Fsp3) is 0.304. The minimum atomic E-state index is -0.381. The van der Waals surface area contributed by atoms with E-state index in [2.05, 4.69) is 4.98 Å². The molecule has 3 aromatic rings. The number of methoxy groups -OCH3 is 3. The lowest BCUT2D eigenvalue weighted by Crippen LogP contribution is -2.36. The number of thioether (sulfide) groups is 1. The molecule has 0 spiro atoms. The molecule has 2 aromatic carbocycles. The molecule has 8 heteroatoms. The fourth-order valence-corrected chi connectivity index (χ4v) is 5.07. The number of benzene rings is 2. The summed E-state index contributed by atoms with van der Waals surface area (Å²) in [6, 6.07) is 11.1. The molecule has 0 bridgehead atoms. The van der Waals surface area contributed by atoms with Gasteiger partial charge in [-0.05, 0) is 29.8 Å². The van der Waals surface area contributed by atoms with Crippen LogP contribution < -0.4 is 9.47 Å². The number of aromatic nitrogens is 1. The van der Waals surface area contributed by atoms with Crippen molar-refractivity contribution in [3.05, 3.63) is 59.3 Å². The lowest BCUT2D eigenvalue weighted by atomic mass is 10.1. The van der Waals surface area contributed by atoms with Gasteiger partial charge in [-0.2, -0.15) is 0 Å². The molecule has 1 N–H and O–H groups in total. The average Bonchev–Trinajstić information content (AvgIpc) is 3.22. The van der Waals surface area contributed by atoms with Gasteiger partial charge in [0.1, 0.15) is 16.9 Å². The van der Waals surface area contributed by atoms with Crippen molar-refractivity contribution in [1.29, 1.82) is 0 Å². The van der Waals surface area contributed by atoms with E-state index in [4.69, 9.17) is 14.2 Å². The van der Waals surface area contributed by atoms with Gasteiger partial charge in [-0.25, -0.2) is 4.79 Å². The summed E-state index contributed by atoms with van der Waals surface area (Å²) >= 11 is 1.73. The second-order valence-corrected chi connectivity index (χ2v) is 8.40. The van der Waals surface area contributed by atoms with Crippen LogP contribution in [0.3, 0.4) is 0 Å². The number of rotatable bonds is 6. The van der Waals surface area contributed by atoms with Gasteiger partial charge in [-0.3, -0.25) is 4.79 Å². The molecule has 0 radical (unpaired) electrons. The molecule has 1 fully saturated rings. The highest BCUT2D eigenvalue weighted by Gasteiger charge is 2.32. The third-order valence-electron chi connectivity index (χ3n) is 5.36. The van der Waals surface area contributed by atoms with Crippen molar-refractivity contribution < 1.29 is 23.8 Å². The van der Waals surface area contributed by atoms with Gasteiger partial charge in [0, 0.05) is 47.4 Å². The Morgan fingerprint density at radius 3 is 2.55 bits per heavy atom. The molecule has 31 heavy (non-hydrogen) atoms. The molecule has 7 nitrogen and oxygen atoms in total. The zero-order valence-electron chi connectivity index (χ0n) is 17.6. The number of carbonyl (C=O) groups excluding carboxylic acids is 2. The second kappa shape index (κ2) is 8.93. The van der Waals surface area contributed by atoms with E-state index in [1.54, 1.807) is 38.1 Å². The van der Waals surface area contributed by atoms with Crippen molar-refractivity contribution in [3.8, 4) is 11.5 Å². The molecule has 2 heterocycles. The monoisotopic (exact) mass is 440 g/mol. The van der Waals surface area contributed by atoms with E-state index in [9.17, 15) is 9.59 Å². The van der Waals surface area contributed by atoms with Crippen molar-refractivity contribution in [2.24, 2.45) is 0 Å². The maximum atomic E-state index is 12.9. The summed E-state index contributed by atoms with van der Waals surface area (Å²) in [5, 5.41) is 0.837. The number of hydrogen-bond donors (Lipinski definition) is 1. The molecule has 162 valence electrons. The second-order valence-electron chi connectivity index (χ2n) is 7.21. The molecule has 1 saturated heterocycles. The smallest absolute Gasteiger partial charge is 0.337 e. The first-order chi connectivity index (χ1) is 15.0. The van der Waals surface area contributed by atoms with E-state index in [0.29, 0.717) is 30.0 Å². The molecule has 0 saturated carbocycles. The summed E-state index contributed by atoms with van der Waals surface area (Å²) in [5.41, 5.74) is 3.26. The van der Waals surface area contributed by atoms with Crippen LogP contribution in [0.25, 0.3) is 10.9 Å². The first kappa shape index (κ1) is 21.1. The van der Waals surface area contributed by atoms with Crippen LogP contribution in [-0.4, -0.2) is 48.8 Å². The largest absolute Gasteiger partial charge is 0.497 e. The molecule has 1 atom stereocenters. The summed E-state index contributed by atoms with van der Waals surface area (Å²) in [4.78, 5) is 29.9. The van der Waals surface area contributed by atoms with Gasteiger partial charge in [0.2, 0.25) is 5.91 Å². The average molecular weight is 441 g/mol. The Bertz CT molecular complexity index is 1100. The predicted octanol–water partition coefficient (Wildman–Crippen LogP) is 4.14. The zero-order valence-corrected chi connectivity index (χ0v) is 18.5. The van der Waals surface area contributed by atoms with Crippen LogP contribution >= 0.6 is 11.8 Å². The molecule has 1 unspecified atom stereocenters. The standard InChI is InChI=1S/C23H24N2O5S/c1-28-16-8-14(9-17(11-16)29-2)13-25-21(26)6-7-31-22(25)19-12-24-20-10-15(23(27)30-3)4-5-18(19)20/h4-5,8-12,22,24H,6-7,13H2,1-3H3. The first-order valence-electron chi connectivity index (χ1n) is 9.86. The van der Waals surface area contributed by atoms with E-state index in [1.165, 1.54) is 7.11 Å². The highest BCUT2D eigenvalue weighted by atomic mass is 32.2. The molecule has 1 aliphatic heterocycles. The van der Waals surface area contributed by atoms with Crippen LogP contribution in [0.4, 0.5) is 0 Å². The van der Waals surface area contributed by atoms with Crippen molar-refractivity contribution >= 4 is 34.5 Å². The topological polar surface area (TPSA) is 80.9 Å². The van der Waals surface area contributed by atoms with Gasteiger partial charge in [0.15, 0.2) is 0 Å². The van der Waals surface area contributed by atoms with Gasteiger partial charge in [0.05, 0.1) is 26.9 Å². The Balaban J connectivity index is 1.68. The molecule has 0 aliphatic carbocycles. The van der Waals surface area contributed by atoms with Gasteiger partial charge in [-0.1, -0.05) is 6.07 Å². The Morgan fingerprint density at radius 1 is 1.13 bits per heavy atom. The summed E-state index contributed by atoms with van der Waals surface area (Å²) < 4.78 is 15.6. The number of fused-ring (bicyclic) bond motifs is 1. The van der Waals surface area contributed by atoms with Gasteiger partial charge in [0.25, 0.3) is 0 Å². The number of amides is 1. The van der Waals surface area contributed by atoms with Crippen LogP contribution in [0.15, 0.2) is 42.6 Å². The normalized spacial score (nSPS) is 16.4. The van der Waals surface area contributed by atoms with Gasteiger partial charge < -0.3 is 24.1 Å². The van der Waals surface area contributed by atoms with Crippen molar-refractivity contribution in [2.45, 2.75) is 18.3 Å². The Labute approximate surface area is 184 Å². The van der Waals surface area contributed by atoms with E-state index >= 15 is 0 Å². The minimum Gasteiger partial charge on any atom is -0.497 e. The van der Waals surface area contributed by atoms with Crippen LogP contribution in [0, 0.1) is 0 Å². The minimum absolute atomic E-state index is 0.103. The number of hydrogen-bond acceptors (Lipinski definition) is 6. The zero-order chi connectivity index (χ0) is 22.0. The lowest BCUT2D eigenvalue weighted by molar-refractivity contribution is -0.132. The van der Waals surface area contributed by atoms with E-state index < -0.39 is 0 Å². The first-order valence-corrected chi connectivity index (χ1v) is 10.9. The molecule has 1 aliphatic rings. The SMILES string of the molecule is COC(=O)c1ccc2c(C3SCCC(=O)N3Cc3cc(OC)cc(OC)c3)c[nH]c2c1. The summed E-state index contributed by atoms with van der Waals surface area (Å²) in [5.74, 6) is 1.85. The van der Waals surface area contributed by atoms with Crippen LogP contribution in [-0.2, 0) is 16.1 Å². The number of carbonyl (C=O) groups is 2. The van der Waals surface area contributed by atoms with E-state index in [1.807, 2.05) is 35.4 Å². The lowest BCUT2D eigenvalue weighted by Gasteiger charge is -2.35. The van der Waals surface area contributed by atoms with Crippen LogP contribution in [0.1, 0.15) is 33.3 Å². The maximum absolute atomic E-state index is 12.9. The van der Waals surface area contributed by atoms with Crippen molar-refractivity contribution in [2.75, 3.05) is 27.1 Å². The number of ether oxygens (including phenoxy) is 3. The predicted molar refractivity (Wildman–Crippen MR) is 120 cm³/mol. The summed E-state index contributed by atoms with van der Waals surface area (Å²) in [7, 11) is 4.58. The molecule has 4 rings (SSSR count). The molecule has 1 aromatic heterocycles. The number of aromatic amines is 1. The number of nitrogens with one attached hydrogen (secondary N) is 1. The Kier molecular flexibility index (Phi) is 6.08. The summed E-state index contributed by atoms with van der Waals surface area (Å²) in [6.45, 7) is 0.441. The highest BCUT2D eigenvalue weighted by Crippen LogP contribution is 2.41. The summed E-state index contributed by atoms with van der Waals surface area (Å²) in [6.07, 6.45) is 2.41. The van der Waals surface area contributed by atoms with Crippen molar-refractivity contribution in [3.63, 3.8) is 0 Å². The van der Waals surface area contributed by atoms with E-state index in [-0.39, 0.29) is 17.3 Å². The molecule has 1 amide bonds. The number of nitrogens with zero attached hydrogens (tertiary/aromatic N) is 1.